The van der Waals surface area contributed by atoms with Crippen LogP contribution in [-0.2, 0) is 13.0 Å². The quantitative estimate of drug-likeness (QED) is 0.834. The van der Waals surface area contributed by atoms with Crippen molar-refractivity contribution in [2.75, 3.05) is 26.3 Å². The molecule has 1 heterocycles. The molecule has 0 radical (unpaired) electrons. The predicted octanol–water partition coefficient (Wildman–Crippen LogP) is 3.57. The third kappa shape index (κ3) is 5.03. The Morgan fingerprint density at radius 3 is 2.64 bits per heavy atom. The fourth-order valence-corrected chi connectivity index (χ4v) is 3.50. The molecule has 3 rings (SSSR count). The summed E-state index contributed by atoms with van der Waals surface area (Å²) < 4.78 is 18.8. The topological polar surface area (TPSA) is 32.7 Å². The molecule has 0 bridgehead atoms. The number of benzene rings is 2. The lowest BCUT2D eigenvalue weighted by molar-refractivity contribution is 0.201. The Bertz CT molecular complexity index is 687. The summed E-state index contributed by atoms with van der Waals surface area (Å²) in [6, 6.07) is 13.6. The fourth-order valence-electron chi connectivity index (χ4n) is 3.50. The largest absolute Gasteiger partial charge is 0.491 e. The molecule has 1 aliphatic rings. The molecule has 2 aromatic carbocycles. The van der Waals surface area contributed by atoms with E-state index < -0.39 is 0 Å². The average molecular weight is 343 g/mol. The van der Waals surface area contributed by atoms with Crippen molar-refractivity contribution in [3.63, 3.8) is 0 Å². The van der Waals surface area contributed by atoms with Crippen molar-refractivity contribution in [3.05, 3.63) is 65.0 Å². The van der Waals surface area contributed by atoms with Gasteiger partial charge in [0, 0.05) is 13.1 Å². The van der Waals surface area contributed by atoms with Crippen LogP contribution in [0.5, 0.6) is 5.75 Å². The van der Waals surface area contributed by atoms with Crippen LogP contribution in [0.2, 0.25) is 0 Å². The van der Waals surface area contributed by atoms with Gasteiger partial charge in [-0.3, -0.25) is 4.90 Å². The average Bonchev–Trinajstić information content (AvgIpc) is 3.04. The maximum atomic E-state index is 13.4. The van der Waals surface area contributed by atoms with Crippen LogP contribution in [0.1, 0.15) is 23.1 Å². The molecule has 0 spiro atoms. The lowest BCUT2D eigenvalue weighted by Gasteiger charge is -2.16. The van der Waals surface area contributed by atoms with E-state index in [9.17, 15) is 4.39 Å². The lowest BCUT2D eigenvalue weighted by Crippen LogP contribution is -2.20. The molecule has 134 valence electrons. The van der Waals surface area contributed by atoms with E-state index in [1.165, 1.54) is 17.5 Å². The van der Waals surface area contributed by atoms with Crippen molar-refractivity contribution in [1.29, 1.82) is 0 Å². The molecule has 3 nitrogen and oxygen atoms in total. The lowest BCUT2D eigenvalue weighted by atomic mass is 9.97. The highest BCUT2D eigenvalue weighted by molar-refractivity contribution is 5.27. The van der Waals surface area contributed by atoms with Crippen LogP contribution < -0.4 is 4.74 Å². The zero-order valence-corrected chi connectivity index (χ0v) is 14.7. The van der Waals surface area contributed by atoms with Crippen LogP contribution in [-0.4, -0.2) is 36.3 Å². The minimum atomic E-state index is -0.122. The van der Waals surface area contributed by atoms with E-state index in [1.54, 1.807) is 6.07 Å². The van der Waals surface area contributed by atoms with Gasteiger partial charge in [-0.1, -0.05) is 24.3 Å². The van der Waals surface area contributed by atoms with Crippen molar-refractivity contribution in [1.82, 2.24) is 4.90 Å². The molecule has 0 aromatic heterocycles. The first-order valence-corrected chi connectivity index (χ1v) is 8.94. The van der Waals surface area contributed by atoms with Crippen molar-refractivity contribution < 1.29 is 14.2 Å². The minimum Gasteiger partial charge on any atom is -0.491 e. The Balaban J connectivity index is 1.50. The van der Waals surface area contributed by atoms with Crippen molar-refractivity contribution in [2.45, 2.75) is 26.3 Å². The molecule has 1 unspecified atom stereocenters. The van der Waals surface area contributed by atoms with Crippen LogP contribution in [0.4, 0.5) is 4.39 Å². The smallest absolute Gasteiger partial charge is 0.126 e. The molecule has 1 atom stereocenters. The minimum absolute atomic E-state index is 0.0322. The number of ether oxygens (including phenoxy) is 1. The third-order valence-corrected chi connectivity index (χ3v) is 4.81. The van der Waals surface area contributed by atoms with Crippen LogP contribution in [0.25, 0.3) is 0 Å². The Labute approximate surface area is 149 Å². The zero-order valence-electron chi connectivity index (χ0n) is 14.7. The number of aliphatic hydroxyl groups excluding tert-OH is 1. The van der Waals surface area contributed by atoms with Gasteiger partial charge < -0.3 is 9.84 Å². The summed E-state index contributed by atoms with van der Waals surface area (Å²) in [7, 11) is 0. The summed E-state index contributed by atoms with van der Waals surface area (Å²) in [5, 5.41) is 8.78. The first-order chi connectivity index (χ1) is 12.1. The molecule has 0 aliphatic carbocycles. The summed E-state index contributed by atoms with van der Waals surface area (Å²) in [5.41, 5.74) is 3.24. The van der Waals surface area contributed by atoms with Crippen molar-refractivity contribution in [2.24, 2.45) is 5.92 Å². The van der Waals surface area contributed by atoms with Gasteiger partial charge in [0.05, 0.1) is 6.61 Å². The molecular weight excluding hydrogens is 317 g/mol. The summed E-state index contributed by atoms with van der Waals surface area (Å²) in [6.07, 6.45) is 2.21. The predicted molar refractivity (Wildman–Crippen MR) is 97.2 cm³/mol. The third-order valence-electron chi connectivity index (χ3n) is 4.81. The van der Waals surface area contributed by atoms with Crippen LogP contribution in [0, 0.1) is 18.7 Å². The van der Waals surface area contributed by atoms with Gasteiger partial charge in [-0.05, 0) is 67.1 Å². The normalized spacial score (nSPS) is 17.8. The number of rotatable bonds is 7. The highest BCUT2D eigenvalue weighted by atomic mass is 19.1. The number of hydrogen-bond donors (Lipinski definition) is 1. The van der Waals surface area contributed by atoms with E-state index >= 15 is 0 Å². The zero-order chi connectivity index (χ0) is 17.6. The van der Waals surface area contributed by atoms with Gasteiger partial charge in [-0.2, -0.15) is 0 Å². The first kappa shape index (κ1) is 17.9. The number of likely N-dealkylation sites (tertiary alicyclic amines) is 1. The van der Waals surface area contributed by atoms with Gasteiger partial charge >= 0.3 is 0 Å². The van der Waals surface area contributed by atoms with Crippen LogP contribution >= 0.6 is 0 Å². The number of halogens is 1. The second-order valence-corrected chi connectivity index (χ2v) is 6.89. The second kappa shape index (κ2) is 8.45. The Morgan fingerprint density at radius 2 is 1.92 bits per heavy atom. The highest BCUT2D eigenvalue weighted by Crippen LogP contribution is 2.24. The van der Waals surface area contributed by atoms with Crippen LogP contribution in [0.3, 0.4) is 0 Å². The van der Waals surface area contributed by atoms with E-state index in [2.05, 4.69) is 17.0 Å². The van der Waals surface area contributed by atoms with Gasteiger partial charge in [-0.15, -0.1) is 0 Å². The summed E-state index contributed by atoms with van der Waals surface area (Å²) in [4.78, 5) is 2.48. The maximum absolute atomic E-state index is 13.4. The molecule has 2 aromatic rings. The van der Waals surface area contributed by atoms with Gasteiger partial charge in [-0.25, -0.2) is 4.39 Å². The molecule has 0 saturated carbocycles. The standard InChI is InChI=1S/C21H26FNO2/c1-16-12-18(4-7-21(16)22)13-19-8-9-23(15-19)14-17-2-5-20(6-3-17)25-11-10-24/h2-7,12,19,24H,8-11,13-15H2,1H3. The Morgan fingerprint density at radius 1 is 1.16 bits per heavy atom. The Hall–Kier alpha value is -1.91. The number of aryl methyl sites for hydroxylation is 1. The number of aliphatic hydroxyl groups is 1. The summed E-state index contributed by atoms with van der Waals surface area (Å²) in [5.74, 6) is 1.31. The molecule has 1 fully saturated rings. The van der Waals surface area contributed by atoms with E-state index in [1.807, 2.05) is 31.2 Å². The monoisotopic (exact) mass is 343 g/mol. The number of nitrogens with zero attached hydrogens (tertiary/aromatic N) is 1. The summed E-state index contributed by atoms with van der Waals surface area (Å²) >= 11 is 0. The van der Waals surface area contributed by atoms with E-state index in [4.69, 9.17) is 9.84 Å². The van der Waals surface area contributed by atoms with Gasteiger partial charge in [0.2, 0.25) is 0 Å². The van der Waals surface area contributed by atoms with E-state index in [0.29, 0.717) is 12.5 Å². The van der Waals surface area contributed by atoms with Gasteiger partial charge in [0.15, 0.2) is 0 Å². The number of hydrogen-bond acceptors (Lipinski definition) is 3. The SMILES string of the molecule is Cc1cc(CC2CCN(Cc3ccc(OCCO)cc3)C2)ccc1F. The summed E-state index contributed by atoms with van der Waals surface area (Å²) in [6.45, 7) is 5.32. The molecule has 4 heteroatoms. The molecule has 0 amide bonds. The molecule has 25 heavy (non-hydrogen) atoms. The highest BCUT2D eigenvalue weighted by Gasteiger charge is 2.22. The second-order valence-electron chi connectivity index (χ2n) is 6.89. The van der Waals surface area contributed by atoms with Crippen LogP contribution in [0.15, 0.2) is 42.5 Å². The van der Waals surface area contributed by atoms with Crippen molar-refractivity contribution in [3.8, 4) is 5.75 Å². The van der Waals surface area contributed by atoms with Gasteiger partial charge in [0.1, 0.15) is 18.2 Å². The molecule has 1 N–H and O–H groups in total. The van der Waals surface area contributed by atoms with E-state index in [0.717, 1.165) is 37.4 Å². The first-order valence-electron chi connectivity index (χ1n) is 8.94. The van der Waals surface area contributed by atoms with Crippen molar-refractivity contribution >= 4 is 0 Å². The Kier molecular flexibility index (Phi) is 6.05. The maximum Gasteiger partial charge on any atom is 0.126 e. The fraction of sp³-hybridized carbons (Fsp3) is 0.429. The van der Waals surface area contributed by atoms with E-state index in [-0.39, 0.29) is 12.4 Å². The molecule has 1 aliphatic heterocycles. The molecule has 1 saturated heterocycles. The molecular formula is C21H26FNO2. The van der Waals surface area contributed by atoms with Gasteiger partial charge in [0.25, 0.3) is 0 Å².